The average Bonchev–Trinajstić information content (AvgIpc) is 2.74. The summed E-state index contributed by atoms with van der Waals surface area (Å²) in [4.78, 5) is 27.8. The number of ether oxygens (including phenoxy) is 1. The van der Waals surface area contributed by atoms with Gasteiger partial charge in [-0.3, -0.25) is 14.3 Å². The maximum atomic E-state index is 11.8. The fourth-order valence-corrected chi connectivity index (χ4v) is 2.05. The van der Waals surface area contributed by atoms with Crippen molar-refractivity contribution in [2.75, 3.05) is 6.61 Å². The van der Waals surface area contributed by atoms with Gasteiger partial charge in [-0.05, 0) is 5.53 Å². The molecule has 2 heterocycles. The van der Waals surface area contributed by atoms with E-state index in [9.17, 15) is 19.8 Å². The van der Waals surface area contributed by atoms with Crippen molar-refractivity contribution in [3.05, 3.63) is 43.0 Å². The van der Waals surface area contributed by atoms with Gasteiger partial charge in [0.05, 0.1) is 13.2 Å². The molecule has 11 heteroatoms. The quantitative estimate of drug-likeness (QED) is 0.283. The van der Waals surface area contributed by atoms with Crippen LogP contribution < -0.4 is 11.2 Å². The fourth-order valence-electron chi connectivity index (χ4n) is 2.05. The van der Waals surface area contributed by atoms with Crippen molar-refractivity contribution in [3.8, 4) is 0 Å². The summed E-state index contributed by atoms with van der Waals surface area (Å²) >= 11 is 0. The van der Waals surface area contributed by atoms with E-state index in [1.807, 2.05) is 4.98 Å². The molecule has 0 saturated carbocycles. The minimum atomic E-state index is -1.46. The molecule has 1 saturated heterocycles. The van der Waals surface area contributed by atoms with Crippen molar-refractivity contribution in [2.45, 2.75) is 31.1 Å². The van der Waals surface area contributed by atoms with Crippen molar-refractivity contribution in [1.82, 2.24) is 9.55 Å². The third kappa shape index (κ3) is 2.82. The zero-order valence-corrected chi connectivity index (χ0v) is 10.7. The Balaban J connectivity index is 2.42. The Kier molecular flexibility index (Phi) is 4.40. The molecule has 1 fully saturated rings. The predicted octanol–water partition coefficient (Wildman–Crippen LogP) is -2.04. The number of aliphatic hydroxyl groups excluding tert-OH is 3. The number of aromatic nitrogens is 2. The average molecular weight is 299 g/mol. The number of nitrogens with one attached hydrogen (secondary N) is 1. The van der Waals surface area contributed by atoms with E-state index in [1.54, 1.807) is 0 Å². The van der Waals surface area contributed by atoms with E-state index >= 15 is 0 Å². The summed E-state index contributed by atoms with van der Waals surface area (Å²) in [6.07, 6.45) is -4.08. The Hall–Kier alpha value is -2.17. The third-order valence-corrected chi connectivity index (χ3v) is 3.14. The van der Waals surface area contributed by atoms with E-state index in [0.29, 0.717) is 0 Å². The summed E-state index contributed by atoms with van der Waals surface area (Å²) < 4.78 is 6.06. The van der Waals surface area contributed by atoms with Gasteiger partial charge >= 0.3 is 5.69 Å². The number of aliphatic hydroxyl groups is 3. The Morgan fingerprint density at radius 1 is 1.43 bits per heavy atom. The van der Waals surface area contributed by atoms with Crippen LogP contribution in [0, 0.1) is 0 Å². The van der Waals surface area contributed by atoms with Crippen LogP contribution in [-0.2, 0) is 11.3 Å². The maximum absolute atomic E-state index is 11.8. The van der Waals surface area contributed by atoms with E-state index in [0.717, 1.165) is 10.8 Å². The molecule has 11 nitrogen and oxygen atoms in total. The van der Waals surface area contributed by atoms with Crippen LogP contribution in [0.15, 0.2) is 20.9 Å². The van der Waals surface area contributed by atoms with Gasteiger partial charge in [0.15, 0.2) is 6.23 Å². The Bertz CT molecular complexity index is 677. The molecule has 0 bridgehead atoms. The van der Waals surface area contributed by atoms with Crippen LogP contribution in [-0.4, -0.2) is 49.8 Å². The van der Waals surface area contributed by atoms with Gasteiger partial charge in [-0.15, -0.1) is 0 Å². The first-order chi connectivity index (χ1) is 9.99. The number of rotatable bonds is 4. The molecule has 114 valence electrons. The molecule has 1 aromatic heterocycles. The molecule has 4 N–H and O–H groups in total. The van der Waals surface area contributed by atoms with Crippen LogP contribution in [0.1, 0.15) is 11.8 Å². The first-order valence-corrected chi connectivity index (χ1v) is 5.97. The summed E-state index contributed by atoms with van der Waals surface area (Å²) in [5, 5.41) is 31.7. The predicted molar refractivity (Wildman–Crippen MR) is 67.2 cm³/mol. The number of hydrogen-bond donors (Lipinski definition) is 4. The Labute approximate surface area is 116 Å². The van der Waals surface area contributed by atoms with Gasteiger partial charge in [-0.2, -0.15) is 0 Å². The topological polar surface area (TPSA) is 174 Å². The monoisotopic (exact) mass is 299 g/mol. The van der Waals surface area contributed by atoms with Crippen LogP contribution in [0.25, 0.3) is 10.4 Å². The molecule has 3 unspecified atom stereocenters. The second-order valence-corrected chi connectivity index (χ2v) is 4.44. The van der Waals surface area contributed by atoms with Crippen molar-refractivity contribution in [1.29, 1.82) is 0 Å². The molecule has 1 aliphatic rings. The highest BCUT2D eigenvalue weighted by Crippen LogP contribution is 2.27. The van der Waals surface area contributed by atoms with Crippen molar-refractivity contribution < 1.29 is 20.1 Å². The van der Waals surface area contributed by atoms with Gasteiger partial charge in [0.2, 0.25) is 0 Å². The lowest BCUT2D eigenvalue weighted by Crippen LogP contribution is -2.38. The normalized spacial score (nSPS) is 28.3. The lowest BCUT2D eigenvalue weighted by Gasteiger charge is -2.17. The SMILES string of the molecule is [N-]=[N+]=NCc1cn(C2OC(CO)C(O)[C@H]2O)c(=O)[nH]c1=O. The van der Waals surface area contributed by atoms with Crippen molar-refractivity contribution >= 4 is 0 Å². The molecule has 1 aromatic rings. The first-order valence-electron chi connectivity index (χ1n) is 5.97. The van der Waals surface area contributed by atoms with Gasteiger partial charge in [0.1, 0.15) is 18.3 Å². The van der Waals surface area contributed by atoms with E-state index in [-0.39, 0.29) is 12.1 Å². The summed E-state index contributed by atoms with van der Waals surface area (Å²) in [5.41, 5.74) is 6.65. The molecular formula is C10H13N5O6. The maximum Gasteiger partial charge on any atom is 0.330 e. The van der Waals surface area contributed by atoms with Gasteiger partial charge < -0.3 is 20.1 Å². The molecule has 0 amide bonds. The second kappa shape index (κ2) is 6.08. The second-order valence-electron chi connectivity index (χ2n) is 4.44. The lowest BCUT2D eigenvalue weighted by molar-refractivity contribution is -0.0551. The fraction of sp³-hybridized carbons (Fsp3) is 0.600. The molecule has 2 rings (SSSR count). The van der Waals surface area contributed by atoms with E-state index < -0.39 is 42.4 Å². The van der Waals surface area contributed by atoms with E-state index in [4.69, 9.17) is 15.4 Å². The van der Waals surface area contributed by atoms with Crippen LogP contribution in [0.5, 0.6) is 0 Å². The minimum Gasteiger partial charge on any atom is -0.394 e. The highest BCUT2D eigenvalue weighted by atomic mass is 16.6. The van der Waals surface area contributed by atoms with Crippen molar-refractivity contribution in [2.24, 2.45) is 5.11 Å². The zero-order valence-electron chi connectivity index (χ0n) is 10.7. The first kappa shape index (κ1) is 15.2. The largest absolute Gasteiger partial charge is 0.394 e. The molecule has 0 aliphatic carbocycles. The summed E-state index contributed by atoms with van der Waals surface area (Å²) in [6.45, 7) is -0.834. The number of H-pyrrole nitrogens is 1. The van der Waals surface area contributed by atoms with Crippen LogP contribution >= 0.6 is 0 Å². The molecular weight excluding hydrogens is 286 g/mol. The van der Waals surface area contributed by atoms with E-state index in [1.165, 1.54) is 0 Å². The zero-order chi connectivity index (χ0) is 15.6. The van der Waals surface area contributed by atoms with Crippen LogP contribution in [0.4, 0.5) is 0 Å². The molecule has 21 heavy (non-hydrogen) atoms. The van der Waals surface area contributed by atoms with Crippen molar-refractivity contribution in [3.63, 3.8) is 0 Å². The van der Waals surface area contributed by atoms with Crippen LogP contribution in [0.2, 0.25) is 0 Å². The Morgan fingerprint density at radius 3 is 2.71 bits per heavy atom. The van der Waals surface area contributed by atoms with Crippen LogP contribution in [0.3, 0.4) is 0 Å². The van der Waals surface area contributed by atoms with Gasteiger partial charge in [0.25, 0.3) is 5.56 Å². The smallest absolute Gasteiger partial charge is 0.330 e. The molecule has 1 aliphatic heterocycles. The standard InChI is InChI=1S/C10H13N5O6/c11-14-12-1-4-2-15(10(20)13-8(4)19)9-7(18)6(17)5(3-16)21-9/h2,5-7,9,16-18H,1,3H2,(H,13,19,20)/t5?,6?,7-,9?/m1/s1. The molecule has 0 spiro atoms. The highest BCUT2D eigenvalue weighted by Gasteiger charge is 2.43. The minimum absolute atomic E-state index is 0.00913. The summed E-state index contributed by atoms with van der Waals surface area (Å²) in [5.74, 6) is 0. The number of hydrogen-bond acceptors (Lipinski definition) is 7. The summed E-state index contributed by atoms with van der Waals surface area (Å²) in [6, 6.07) is 0. The lowest BCUT2D eigenvalue weighted by atomic mass is 10.1. The number of nitrogens with zero attached hydrogens (tertiary/aromatic N) is 4. The molecule has 0 aromatic carbocycles. The molecule has 4 atom stereocenters. The number of azide groups is 1. The van der Waals surface area contributed by atoms with E-state index in [2.05, 4.69) is 10.0 Å². The third-order valence-electron chi connectivity index (χ3n) is 3.14. The Morgan fingerprint density at radius 2 is 2.14 bits per heavy atom. The number of aromatic amines is 1. The van der Waals surface area contributed by atoms with Gasteiger partial charge in [-0.1, -0.05) is 5.11 Å². The highest BCUT2D eigenvalue weighted by molar-refractivity contribution is 5.06. The van der Waals surface area contributed by atoms with Gasteiger partial charge in [-0.25, -0.2) is 4.79 Å². The van der Waals surface area contributed by atoms with Gasteiger partial charge in [0, 0.05) is 16.7 Å². The summed E-state index contributed by atoms with van der Waals surface area (Å²) in [7, 11) is 0. The molecule has 0 radical (unpaired) electrons.